The third-order valence-corrected chi connectivity index (χ3v) is 3.81. The van der Waals surface area contributed by atoms with E-state index in [-0.39, 0.29) is 24.0 Å². The van der Waals surface area contributed by atoms with Crippen LogP contribution in [0.3, 0.4) is 0 Å². The SMILES string of the molecule is Cc1cccc(NC(N)=NCCCc2nc(C)cs2)c1.I. The highest BCUT2D eigenvalue weighted by Crippen LogP contribution is 2.11. The molecule has 0 spiro atoms. The molecule has 1 aromatic heterocycles. The van der Waals surface area contributed by atoms with E-state index in [9.17, 15) is 0 Å². The van der Waals surface area contributed by atoms with Gasteiger partial charge >= 0.3 is 0 Å². The summed E-state index contributed by atoms with van der Waals surface area (Å²) in [6, 6.07) is 8.07. The molecule has 114 valence electrons. The maximum Gasteiger partial charge on any atom is 0.193 e. The van der Waals surface area contributed by atoms with Crippen molar-refractivity contribution in [1.29, 1.82) is 0 Å². The van der Waals surface area contributed by atoms with E-state index >= 15 is 0 Å². The number of nitrogens with one attached hydrogen (secondary N) is 1. The van der Waals surface area contributed by atoms with Gasteiger partial charge in [0.05, 0.1) is 5.01 Å². The number of guanidine groups is 1. The van der Waals surface area contributed by atoms with Crippen molar-refractivity contribution >= 4 is 47.0 Å². The van der Waals surface area contributed by atoms with Crippen molar-refractivity contribution in [1.82, 2.24) is 4.98 Å². The van der Waals surface area contributed by atoms with E-state index in [1.807, 2.05) is 25.1 Å². The molecule has 0 aliphatic carbocycles. The lowest BCUT2D eigenvalue weighted by molar-refractivity contribution is 0.823. The average Bonchev–Trinajstić information content (AvgIpc) is 2.80. The van der Waals surface area contributed by atoms with Crippen LogP contribution in [-0.2, 0) is 6.42 Å². The largest absolute Gasteiger partial charge is 0.370 e. The van der Waals surface area contributed by atoms with E-state index < -0.39 is 0 Å². The number of hydrogen-bond acceptors (Lipinski definition) is 3. The number of aromatic nitrogens is 1. The Morgan fingerprint density at radius 3 is 2.86 bits per heavy atom. The van der Waals surface area contributed by atoms with Crippen molar-refractivity contribution < 1.29 is 0 Å². The first-order chi connectivity index (χ1) is 9.63. The monoisotopic (exact) mass is 416 g/mol. The molecule has 2 rings (SSSR count). The first-order valence-corrected chi connectivity index (χ1v) is 7.56. The van der Waals surface area contributed by atoms with Crippen LogP contribution in [0.2, 0.25) is 0 Å². The Labute approximate surface area is 146 Å². The molecule has 0 saturated carbocycles. The molecule has 3 N–H and O–H groups in total. The van der Waals surface area contributed by atoms with Crippen molar-refractivity contribution in [3.63, 3.8) is 0 Å². The molecule has 6 heteroatoms. The van der Waals surface area contributed by atoms with Crippen molar-refractivity contribution in [3.8, 4) is 0 Å². The second kappa shape index (κ2) is 8.99. The summed E-state index contributed by atoms with van der Waals surface area (Å²) in [6.45, 7) is 4.78. The Kier molecular flexibility index (Phi) is 7.66. The fourth-order valence-electron chi connectivity index (χ4n) is 1.86. The van der Waals surface area contributed by atoms with E-state index in [1.165, 1.54) is 10.6 Å². The Morgan fingerprint density at radius 1 is 1.38 bits per heavy atom. The molecule has 1 heterocycles. The number of halogens is 1. The van der Waals surface area contributed by atoms with Crippen LogP contribution in [0.25, 0.3) is 0 Å². The summed E-state index contributed by atoms with van der Waals surface area (Å²) in [4.78, 5) is 8.76. The third-order valence-electron chi connectivity index (χ3n) is 2.79. The van der Waals surface area contributed by atoms with E-state index in [1.54, 1.807) is 11.3 Å². The Bertz CT molecular complexity index is 595. The highest BCUT2D eigenvalue weighted by molar-refractivity contribution is 14.0. The number of nitrogens with two attached hydrogens (primary N) is 1. The van der Waals surface area contributed by atoms with E-state index in [2.05, 4.69) is 33.7 Å². The van der Waals surface area contributed by atoms with Crippen LogP contribution in [0.15, 0.2) is 34.6 Å². The zero-order valence-corrected chi connectivity index (χ0v) is 15.4. The molecule has 0 unspecified atom stereocenters. The van der Waals surface area contributed by atoms with Gasteiger partial charge in [0, 0.05) is 29.7 Å². The summed E-state index contributed by atoms with van der Waals surface area (Å²) in [5, 5.41) is 6.35. The zero-order chi connectivity index (χ0) is 14.4. The molecular formula is C15H21IN4S. The minimum absolute atomic E-state index is 0. The molecule has 2 aromatic rings. The number of hydrogen-bond donors (Lipinski definition) is 2. The predicted octanol–water partition coefficient (Wildman–Crippen LogP) is 3.74. The first-order valence-electron chi connectivity index (χ1n) is 6.68. The zero-order valence-electron chi connectivity index (χ0n) is 12.3. The Balaban J connectivity index is 0.00000220. The number of aryl methyl sites for hydroxylation is 3. The smallest absolute Gasteiger partial charge is 0.193 e. The molecule has 4 nitrogen and oxygen atoms in total. The lowest BCUT2D eigenvalue weighted by atomic mass is 10.2. The van der Waals surface area contributed by atoms with Crippen molar-refractivity contribution in [2.45, 2.75) is 26.7 Å². The van der Waals surface area contributed by atoms with E-state index in [0.717, 1.165) is 24.2 Å². The maximum atomic E-state index is 5.87. The summed E-state index contributed by atoms with van der Waals surface area (Å²) in [5.41, 5.74) is 9.13. The highest BCUT2D eigenvalue weighted by atomic mass is 127. The van der Waals surface area contributed by atoms with Gasteiger partial charge in [-0.15, -0.1) is 35.3 Å². The summed E-state index contributed by atoms with van der Waals surface area (Å²) >= 11 is 1.71. The van der Waals surface area contributed by atoms with Crippen molar-refractivity contribution in [3.05, 3.63) is 45.9 Å². The molecule has 0 fully saturated rings. The molecule has 0 atom stereocenters. The topological polar surface area (TPSA) is 63.3 Å². The van der Waals surface area contributed by atoms with Crippen LogP contribution in [0, 0.1) is 13.8 Å². The van der Waals surface area contributed by atoms with Crippen LogP contribution >= 0.6 is 35.3 Å². The average molecular weight is 416 g/mol. The lowest BCUT2D eigenvalue weighted by Gasteiger charge is -2.06. The number of benzene rings is 1. The second-order valence-corrected chi connectivity index (χ2v) is 5.69. The molecule has 0 bridgehead atoms. The summed E-state index contributed by atoms with van der Waals surface area (Å²) in [7, 11) is 0. The van der Waals surface area contributed by atoms with E-state index in [4.69, 9.17) is 5.73 Å². The van der Waals surface area contributed by atoms with E-state index in [0.29, 0.717) is 12.5 Å². The molecule has 21 heavy (non-hydrogen) atoms. The van der Waals surface area contributed by atoms with Crippen LogP contribution in [-0.4, -0.2) is 17.5 Å². The quantitative estimate of drug-likeness (QED) is 0.338. The minimum Gasteiger partial charge on any atom is -0.370 e. The van der Waals surface area contributed by atoms with Crippen LogP contribution < -0.4 is 11.1 Å². The highest BCUT2D eigenvalue weighted by Gasteiger charge is 1.99. The van der Waals surface area contributed by atoms with Crippen molar-refractivity contribution in [2.24, 2.45) is 10.7 Å². The maximum absolute atomic E-state index is 5.87. The first kappa shape index (κ1) is 17.9. The fourth-order valence-corrected chi connectivity index (χ4v) is 2.68. The van der Waals surface area contributed by atoms with Gasteiger partial charge in [0.15, 0.2) is 5.96 Å². The molecule has 0 aliphatic heterocycles. The number of aliphatic imine (C=N–C) groups is 1. The Hall–Kier alpha value is -1.15. The van der Waals surface area contributed by atoms with Gasteiger partial charge < -0.3 is 11.1 Å². The van der Waals surface area contributed by atoms with Gasteiger partial charge in [-0.1, -0.05) is 12.1 Å². The van der Waals surface area contributed by atoms with Crippen molar-refractivity contribution in [2.75, 3.05) is 11.9 Å². The molecular weight excluding hydrogens is 395 g/mol. The van der Waals surface area contributed by atoms with Gasteiger partial charge in [-0.3, -0.25) is 4.99 Å². The molecule has 1 aromatic carbocycles. The van der Waals surface area contributed by atoms with Crippen LogP contribution in [0.5, 0.6) is 0 Å². The normalized spacial score (nSPS) is 11.0. The van der Waals surface area contributed by atoms with Gasteiger partial charge in [-0.2, -0.15) is 0 Å². The van der Waals surface area contributed by atoms with Gasteiger partial charge in [-0.25, -0.2) is 4.98 Å². The third kappa shape index (κ3) is 6.43. The number of rotatable bonds is 5. The minimum atomic E-state index is 0. The molecule has 0 amide bonds. The molecule has 0 aliphatic rings. The summed E-state index contributed by atoms with van der Waals surface area (Å²) in [6.07, 6.45) is 1.92. The number of thiazole rings is 1. The van der Waals surface area contributed by atoms with Crippen LogP contribution in [0.1, 0.15) is 22.7 Å². The standard InChI is InChI=1S/C15H20N4S.HI/c1-11-5-3-6-13(9-11)19-15(16)17-8-4-7-14-18-12(2)10-20-14;/h3,5-6,9-10H,4,7-8H2,1-2H3,(H3,16,17,19);1H. The Morgan fingerprint density at radius 2 is 2.19 bits per heavy atom. The molecule has 0 radical (unpaired) electrons. The number of nitrogens with zero attached hydrogens (tertiary/aromatic N) is 2. The predicted molar refractivity (Wildman–Crippen MR) is 102 cm³/mol. The summed E-state index contributed by atoms with van der Waals surface area (Å²) < 4.78 is 0. The fraction of sp³-hybridized carbons (Fsp3) is 0.333. The van der Waals surface area contributed by atoms with Crippen LogP contribution in [0.4, 0.5) is 5.69 Å². The van der Waals surface area contributed by atoms with Gasteiger partial charge in [0.2, 0.25) is 0 Å². The van der Waals surface area contributed by atoms with Gasteiger partial charge in [-0.05, 0) is 38.0 Å². The van der Waals surface area contributed by atoms with Gasteiger partial charge in [0.25, 0.3) is 0 Å². The summed E-state index contributed by atoms with van der Waals surface area (Å²) in [5.74, 6) is 0.464. The second-order valence-electron chi connectivity index (χ2n) is 4.75. The van der Waals surface area contributed by atoms with Gasteiger partial charge in [0.1, 0.15) is 0 Å². The lowest BCUT2D eigenvalue weighted by Crippen LogP contribution is -2.22. The number of anilines is 1. The molecule has 0 saturated heterocycles.